The van der Waals surface area contributed by atoms with E-state index in [1.165, 1.54) is 24.3 Å². The lowest BCUT2D eigenvalue weighted by atomic mass is 10.1. The smallest absolute Gasteiger partial charge is 0.387 e. The summed E-state index contributed by atoms with van der Waals surface area (Å²) in [7, 11) is -3.72. The van der Waals surface area contributed by atoms with Gasteiger partial charge in [0.05, 0.1) is 4.90 Å². The number of rotatable bonds is 9. The highest BCUT2D eigenvalue weighted by atomic mass is 32.2. The molecule has 0 bridgehead atoms. The molecule has 0 aliphatic heterocycles. The SMILES string of the molecule is NS(=O)(=O)c1ccc(CCC(=O)NCCc2ccc(OC(F)F)cc2)cc1. The van der Waals surface area contributed by atoms with Crippen LogP contribution in [0.1, 0.15) is 17.5 Å². The van der Waals surface area contributed by atoms with E-state index < -0.39 is 16.6 Å². The van der Waals surface area contributed by atoms with Crippen LogP contribution in [0.25, 0.3) is 0 Å². The summed E-state index contributed by atoms with van der Waals surface area (Å²) in [5.41, 5.74) is 1.71. The number of ether oxygens (including phenoxy) is 1. The minimum atomic E-state index is -3.72. The van der Waals surface area contributed by atoms with Gasteiger partial charge in [-0.25, -0.2) is 13.6 Å². The van der Waals surface area contributed by atoms with Crippen LogP contribution in [-0.2, 0) is 27.7 Å². The largest absolute Gasteiger partial charge is 0.435 e. The number of carbonyl (C=O) groups excluding carboxylic acids is 1. The summed E-state index contributed by atoms with van der Waals surface area (Å²) in [5, 5.41) is 7.81. The van der Waals surface area contributed by atoms with Crippen LogP contribution in [0.5, 0.6) is 5.75 Å². The average Bonchev–Trinajstić information content (AvgIpc) is 2.60. The van der Waals surface area contributed by atoms with Crippen molar-refractivity contribution in [2.24, 2.45) is 5.14 Å². The van der Waals surface area contributed by atoms with Crippen LogP contribution in [0.2, 0.25) is 0 Å². The van der Waals surface area contributed by atoms with E-state index in [9.17, 15) is 22.0 Å². The predicted octanol–water partition coefficient (Wildman–Crippen LogP) is 2.23. The van der Waals surface area contributed by atoms with Gasteiger partial charge in [0, 0.05) is 13.0 Å². The summed E-state index contributed by atoms with van der Waals surface area (Å²) < 4.78 is 50.8. The van der Waals surface area contributed by atoms with Crippen LogP contribution in [0.4, 0.5) is 8.78 Å². The van der Waals surface area contributed by atoms with E-state index in [-0.39, 0.29) is 23.0 Å². The predicted molar refractivity (Wildman–Crippen MR) is 95.9 cm³/mol. The second-order valence-electron chi connectivity index (χ2n) is 5.81. The number of alkyl halides is 2. The first kappa shape index (κ1) is 20.8. The number of carbonyl (C=O) groups is 1. The van der Waals surface area contributed by atoms with E-state index in [1.807, 2.05) is 0 Å². The monoisotopic (exact) mass is 398 g/mol. The first-order valence-electron chi connectivity index (χ1n) is 8.16. The highest BCUT2D eigenvalue weighted by molar-refractivity contribution is 7.89. The molecule has 2 aromatic rings. The molecule has 0 atom stereocenters. The Labute approximate surface area is 156 Å². The zero-order valence-corrected chi connectivity index (χ0v) is 15.2. The summed E-state index contributed by atoms with van der Waals surface area (Å²) in [6.45, 7) is -2.44. The summed E-state index contributed by atoms with van der Waals surface area (Å²) in [6, 6.07) is 12.3. The van der Waals surface area contributed by atoms with Gasteiger partial charge in [-0.15, -0.1) is 0 Å². The summed E-state index contributed by atoms with van der Waals surface area (Å²) in [4.78, 5) is 11.9. The molecular weight excluding hydrogens is 378 g/mol. The van der Waals surface area contributed by atoms with Crippen molar-refractivity contribution in [3.8, 4) is 5.75 Å². The fraction of sp³-hybridized carbons (Fsp3) is 0.278. The van der Waals surface area contributed by atoms with Crippen molar-refractivity contribution in [2.45, 2.75) is 30.8 Å². The van der Waals surface area contributed by atoms with Gasteiger partial charge in [0.1, 0.15) is 5.75 Å². The fourth-order valence-corrected chi connectivity index (χ4v) is 2.89. The fourth-order valence-electron chi connectivity index (χ4n) is 2.38. The van der Waals surface area contributed by atoms with E-state index in [4.69, 9.17) is 5.14 Å². The second-order valence-corrected chi connectivity index (χ2v) is 7.37. The number of sulfonamides is 1. The van der Waals surface area contributed by atoms with Gasteiger partial charge in [-0.2, -0.15) is 8.78 Å². The number of nitrogens with two attached hydrogens (primary N) is 1. The molecule has 0 fully saturated rings. The summed E-state index contributed by atoms with van der Waals surface area (Å²) in [6.07, 6.45) is 1.29. The molecular formula is C18H20F2N2O4S. The van der Waals surface area contributed by atoms with Crippen LogP contribution in [0, 0.1) is 0 Å². The maximum Gasteiger partial charge on any atom is 0.387 e. The van der Waals surface area contributed by atoms with Crippen LogP contribution < -0.4 is 15.2 Å². The molecule has 3 N–H and O–H groups in total. The maximum atomic E-state index is 12.1. The van der Waals surface area contributed by atoms with E-state index in [0.717, 1.165) is 11.1 Å². The lowest BCUT2D eigenvalue weighted by molar-refractivity contribution is -0.121. The number of benzene rings is 2. The molecule has 146 valence electrons. The molecule has 0 saturated heterocycles. The quantitative estimate of drug-likeness (QED) is 0.677. The number of hydrogen-bond acceptors (Lipinski definition) is 4. The lowest BCUT2D eigenvalue weighted by Crippen LogP contribution is -2.25. The summed E-state index contributed by atoms with van der Waals surface area (Å²) in [5.74, 6) is -0.0468. The van der Waals surface area contributed by atoms with Gasteiger partial charge in [0.15, 0.2) is 0 Å². The maximum absolute atomic E-state index is 12.1. The molecule has 0 aromatic heterocycles. The number of aryl methyl sites for hydroxylation is 1. The standard InChI is InChI=1S/C18H20F2N2O4S/c19-18(20)26-15-6-1-14(2-7-15)11-12-22-17(23)10-5-13-3-8-16(9-4-13)27(21,24)25/h1-4,6-9,18H,5,10-12H2,(H,22,23)(H2,21,24,25). The Morgan fingerprint density at radius 1 is 1.00 bits per heavy atom. The molecule has 2 aromatic carbocycles. The van der Waals surface area contributed by atoms with Crippen molar-refractivity contribution in [3.05, 3.63) is 59.7 Å². The highest BCUT2D eigenvalue weighted by Gasteiger charge is 2.08. The Morgan fingerprint density at radius 3 is 2.11 bits per heavy atom. The zero-order chi connectivity index (χ0) is 19.9. The molecule has 0 saturated carbocycles. The van der Waals surface area contributed by atoms with E-state index in [0.29, 0.717) is 19.4 Å². The number of amides is 1. The van der Waals surface area contributed by atoms with Crippen LogP contribution in [0.3, 0.4) is 0 Å². The molecule has 9 heteroatoms. The Balaban J connectivity index is 1.72. The Kier molecular flexibility index (Phi) is 7.26. The molecule has 0 spiro atoms. The van der Waals surface area contributed by atoms with Gasteiger partial charge in [-0.05, 0) is 48.2 Å². The van der Waals surface area contributed by atoms with Crippen LogP contribution in [0.15, 0.2) is 53.4 Å². The van der Waals surface area contributed by atoms with Gasteiger partial charge in [0.2, 0.25) is 15.9 Å². The van der Waals surface area contributed by atoms with E-state index in [2.05, 4.69) is 10.1 Å². The first-order valence-corrected chi connectivity index (χ1v) is 9.71. The minimum Gasteiger partial charge on any atom is -0.435 e. The Bertz CT molecular complexity index is 854. The number of hydrogen-bond donors (Lipinski definition) is 2. The topological polar surface area (TPSA) is 98.5 Å². The first-order chi connectivity index (χ1) is 12.7. The van der Waals surface area contributed by atoms with Crippen molar-refractivity contribution < 1.29 is 26.7 Å². The number of primary sulfonamides is 1. The third-order valence-corrected chi connectivity index (χ3v) is 4.71. The zero-order valence-electron chi connectivity index (χ0n) is 14.4. The lowest BCUT2D eigenvalue weighted by Gasteiger charge is -2.07. The van der Waals surface area contributed by atoms with Crippen molar-refractivity contribution >= 4 is 15.9 Å². The molecule has 1 amide bonds. The van der Waals surface area contributed by atoms with E-state index >= 15 is 0 Å². The van der Waals surface area contributed by atoms with Gasteiger partial charge in [0.25, 0.3) is 0 Å². The van der Waals surface area contributed by atoms with Gasteiger partial charge in [-0.3, -0.25) is 4.79 Å². The average molecular weight is 398 g/mol. The number of nitrogens with one attached hydrogen (secondary N) is 1. The highest BCUT2D eigenvalue weighted by Crippen LogP contribution is 2.15. The molecule has 2 rings (SSSR count). The number of halogens is 2. The van der Waals surface area contributed by atoms with Crippen molar-refractivity contribution in [2.75, 3.05) is 6.54 Å². The minimum absolute atomic E-state index is 0.0284. The third-order valence-electron chi connectivity index (χ3n) is 3.78. The van der Waals surface area contributed by atoms with Crippen molar-refractivity contribution in [3.63, 3.8) is 0 Å². The van der Waals surface area contributed by atoms with Crippen LogP contribution >= 0.6 is 0 Å². The van der Waals surface area contributed by atoms with Gasteiger partial charge in [-0.1, -0.05) is 24.3 Å². The molecule has 27 heavy (non-hydrogen) atoms. The van der Waals surface area contributed by atoms with E-state index in [1.54, 1.807) is 24.3 Å². The van der Waals surface area contributed by atoms with Gasteiger partial charge >= 0.3 is 6.61 Å². The molecule has 0 heterocycles. The Morgan fingerprint density at radius 2 is 1.56 bits per heavy atom. The van der Waals surface area contributed by atoms with Gasteiger partial charge < -0.3 is 10.1 Å². The molecule has 0 radical (unpaired) electrons. The molecule has 0 aliphatic rings. The third kappa shape index (κ3) is 7.32. The Hall–Kier alpha value is -2.52. The van der Waals surface area contributed by atoms with Crippen molar-refractivity contribution in [1.29, 1.82) is 0 Å². The summed E-state index contributed by atoms with van der Waals surface area (Å²) >= 11 is 0. The molecule has 0 unspecified atom stereocenters. The second kappa shape index (κ2) is 9.43. The van der Waals surface area contributed by atoms with Crippen molar-refractivity contribution in [1.82, 2.24) is 5.32 Å². The molecule has 0 aliphatic carbocycles. The van der Waals surface area contributed by atoms with Crippen LogP contribution in [-0.4, -0.2) is 27.5 Å². The normalized spacial score (nSPS) is 11.4. The molecule has 6 nitrogen and oxygen atoms in total.